The van der Waals surface area contributed by atoms with Crippen molar-refractivity contribution in [1.29, 1.82) is 0 Å². The lowest BCUT2D eigenvalue weighted by Crippen LogP contribution is -2.27. The molecule has 0 fully saturated rings. The topological polar surface area (TPSA) is 78.6 Å². The van der Waals surface area contributed by atoms with Gasteiger partial charge in [0.2, 0.25) is 0 Å². The van der Waals surface area contributed by atoms with Crippen LogP contribution in [0.2, 0.25) is 0 Å². The summed E-state index contributed by atoms with van der Waals surface area (Å²) in [5, 5.41) is 0. The van der Waals surface area contributed by atoms with Crippen molar-refractivity contribution in [3.63, 3.8) is 0 Å². The number of H-pyrrole nitrogens is 2. The third-order valence-electron chi connectivity index (χ3n) is 2.39. The Morgan fingerprint density at radius 2 is 1.88 bits per heavy atom. The van der Waals surface area contributed by atoms with Crippen molar-refractivity contribution < 1.29 is 0 Å². The standard InChI is InChI=1S/C11H11N3O2/c1-7-9(10(15)14-11(16)13-7)6-8-2-4-12-5-3-8/h2-5H,6H2,1H3,(H2,13,14,15,16). The highest BCUT2D eigenvalue weighted by Gasteiger charge is 2.06. The minimum atomic E-state index is -0.471. The second-order valence-electron chi connectivity index (χ2n) is 3.54. The van der Waals surface area contributed by atoms with Gasteiger partial charge in [0, 0.05) is 30.1 Å². The van der Waals surface area contributed by atoms with Crippen molar-refractivity contribution in [3.05, 3.63) is 62.2 Å². The van der Waals surface area contributed by atoms with E-state index in [2.05, 4.69) is 15.0 Å². The summed E-state index contributed by atoms with van der Waals surface area (Å²) in [5.41, 5.74) is 1.35. The van der Waals surface area contributed by atoms with Gasteiger partial charge in [0.25, 0.3) is 5.56 Å². The molecule has 0 aliphatic carbocycles. The van der Waals surface area contributed by atoms with Gasteiger partial charge in [-0.25, -0.2) is 4.79 Å². The highest BCUT2D eigenvalue weighted by atomic mass is 16.2. The Labute approximate surface area is 91.2 Å². The molecule has 2 heterocycles. The van der Waals surface area contributed by atoms with E-state index in [1.807, 2.05) is 12.1 Å². The van der Waals surface area contributed by atoms with E-state index >= 15 is 0 Å². The number of hydrogen-bond donors (Lipinski definition) is 2. The predicted octanol–water partition coefficient (Wildman–Crippen LogP) is 0.357. The molecule has 0 atom stereocenters. The zero-order chi connectivity index (χ0) is 11.5. The lowest BCUT2D eigenvalue weighted by atomic mass is 10.1. The summed E-state index contributed by atoms with van der Waals surface area (Å²) in [6.07, 6.45) is 3.83. The van der Waals surface area contributed by atoms with Gasteiger partial charge < -0.3 is 4.98 Å². The van der Waals surface area contributed by atoms with Gasteiger partial charge in [-0.1, -0.05) is 0 Å². The number of rotatable bonds is 2. The van der Waals surface area contributed by atoms with Crippen molar-refractivity contribution >= 4 is 0 Å². The molecule has 0 radical (unpaired) electrons. The minimum absolute atomic E-state index is 0.335. The summed E-state index contributed by atoms with van der Waals surface area (Å²) in [5.74, 6) is 0. The molecule has 0 amide bonds. The Bertz CT molecular complexity index is 599. The number of hydrogen-bond acceptors (Lipinski definition) is 3. The second-order valence-corrected chi connectivity index (χ2v) is 3.54. The second kappa shape index (κ2) is 4.14. The lowest BCUT2D eigenvalue weighted by Gasteiger charge is -2.03. The van der Waals surface area contributed by atoms with Gasteiger partial charge in [-0.3, -0.25) is 14.8 Å². The van der Waals surface area contributed by atoms with E-state index in [0.29, 0.717) is 17.7 Å². The molecule has 2 aromatic heterocycles. The maximum atomic E-state index is 11.6. The molecular formula is C11H11N3O2. The normalized spacial score (nSPS) is 10.3. The fourth-order valence-electron chi connectivity index (χ4n) is 1.54. The molecule has 0 unspecified atom stereocenters. The molecular weight excluding hydrogens is 206 g/mol. The number of aryl methyl sites for hydroxylation is 1. The Morgan fingerprint density at radius 3 is 2.50 bits per heavy atom. The SMILES string of the molecule is Cc1[nH]c(=O)[nH]c(=O)c1Cc1ccncc1. The van der Waals surface area contributed by atoms with E-state index in [1.54, 1.807) is 19.3 Å². The number of aromatic amines is 2. The largest absolute Gasteiger partial charge is 0.325 e. The molecule has 0 aromatic carbocycles. The van der Waals surface area contributed by atoms with Crippen LogP contribution in [0.5, 0.6) is 0 Å². The molecule has 5 heteroatoms. The molecule has 5 nitrogen and oxygen atoms in total. The van der Waals surface area contributed by atoms with Gasteiger partial charge in [-0.2, -0.15) is 0 Å². The Hall–Kier alpha value is -2.17. The summed E-state index contributed by atoms with van der Waals surface area (Å²) in [7, 11) is 0. The van der Waals surface area contributed by atoms with Crippen LogP contribution in [0.15, 0.2) is 34.1 Å². The number of nitrogens with zero attached hydrogens (tertiary/aromatic N) is 1. The van der Waals surface area contributed by atoms with Crippen molar-refractivity contribution in [3.8, 4) is 0 Å². The number of nitrogens with one attached hydrogen (secondary N) is 2. The molecule has 82 valence electrons. The summed E-state index contributed by atoms with van der Waals surface area (Å²) in [6, 6.07) is 3.67. The summed E-state index contributed by atoms with van der Waals surface area (Å²) in [4.78, 5) is 31.3. The van der Waals surface area contributed by atoms with Crippen molar-refractivity contribution in [2.24, 2.45) is 0 Å². The van der Waals surface area contributed by atoms with Crippen LogP contribution in [0, 0.1) is 6.92 Å². The molecule has 16 heavy (non-hydrogen) atoms. The van der Waals surface area contributed by atoms with Crippen molar-refractivity contribution in [2.45, 2.75) is 13.3 Å². The van der Waals surface area contributed by atoms with Crippen LogP contribution in [0.25, 0.3) is 0 Å². The quantitative estimate of drug-likeness (QED) is 0.762. The lowest BCUT2D eigenvalue weighted by molar-refractivity contribution is 0.933. The first kappa shape index (κ1) is 10.4. The third-order valence-corrected chi connectivity index (χ3v) is 2.39. The van der Waals surface area contributed by atoms with Crippen molar-refractivity contribution in [2.75, 3.05) is 0 Å². The van der Waals surface area contributed by atoms with Crippen LogP contribution in [0.1, 0.15) is 16.8 Å². The molecule has 0 aliphatic heterocycles. The molecule has 0 saturated heterocycles. The number of aromatic nitrogens is 3. The molecule has 2 N–H and O–H groups in total. The minimum Gasteiger partial charge on any atom is -0.311 e. The molecule has 0 spiro atoms. The first-order chi connectivity index (χ1) is 7.66. The summed E-state index contributed by atoms with van der Waals surface area (Å²) < 4.78 is 0. The van der Waals surface area contributed by atoms with Gasteiger partial charge in [-0.05, 0) is 24.6 Å². The van der Waals surface area contributed by atoms with Gasteiger partial charge in [0.1, 0.15) is 0 Å². The van der Waals surface area contributed by atoms with Crippen LogP contribution in [0.4, 0.5) is 0 Å². The molecule has 0 aliphatic rings. The van der Waals surface area contributed by atoms with Gasteiger partial charge in [0.05, 0.1) is 0 Å². The predicted molar refractivity (Wildman–Crippen MR) is 59.5 cm³/mol. The van der Waals surface area contributed by atoms with Crippen LogP contribution in [0.3, 0.4) is 0 Å². The van der Waals surface area contributed by atoms with Crippen LogP contribution < -0.4 is 11.2 Å². The van der Waals surface area contributed by atoms with Crippen LogP contribution >= 0.6 is 0 Å². The Kier molecular flexibility index (Phi) is 2.68. The Balaban J connectivity index is 2.43. The average molecular weight is 217 g/mol. The summed E-state index contributed by atoms with van der Waals surface area (Å²) >= 11 is 0. The van der Waals surface area contributed by atoms with Crippen molar-refractivity contribution in [1.82, 2.24) is 15.0 Å². The fraction of sp³-hybridized carbons (Fsp3) is 0.182. The maximum absolute atomic E-state index is 11.6. The fourth-order valence-corrected chi connectivity index (χ4v) is 1.54. The summed E-state index contributed by atoms with van der Waals surface area (Å²) in [6.45, 7) is 1.72. The average Bonchev–Trinajstić information content (AvgIpc) is 2.25. The zero-order valence-electron chi connectivity index (χ0n) is 8.78. The highest BCUT2D eigenvalue weighted by Crippen LogP contribution is 2.05. The monoisotopic (exact) mass is 217 g/mol. The van der Waals surface area contributed by atoms with E-state index in [4.69, 9.17) is 0 Å². The first-order valence-electron chi connectivity index (χ1n) is 4.88. The number of pyridine rings is 1. The Morgan fingerprint density at radius 1 is 1.19 bits per heavy atom. The van der Waals surface area contributed by atoms with Gasteiger partial charge in [0.15, 0.2) is 0 Å². The van der Waals surface area contributed by atoms with E-state index in [1.165, 1.54) is 0 Å². The maximum Gasteiger partial charge on any atom is 0.325 e. The third kappa shape index (κ3) is 2.08. The molecule has 0 saturated carbocycles. The van der Waals surface area contributed by atoms with Gasteiger partial charge in [-0.15, -0.1) is 0 Å². The van der Waals surface area contributed by atoms with Crippen LogP contribution in [-0.2, 0) is 6.42 Å². The van der Waals surface area contributed by atoms with E-state index in [-0.39, 0.29) is 5.56 Å². The smallest absolute Gasteiger partial charge is 0.311 e. The van der Waals surface area contributed by atoms with Crippen LogP contribution in [-0.4, -0.2) is 15.0 Å². The zero-order valence-corrected chi connectivity index (χ0v) is 8.78. The molecule has 0 bridgehead atoms. The van der Waals surface area contributed by atoms with E-state index in [9.17, 15) is 9.59 Å². The molecule has 2 rings (SSSR count). The highest BCUT2D eigenvalue weighted by molar-refractivity contribution is 5.24. The first-order valence-corrected chi connectivity index (χ1v) is 4.88. The molecule has 2 aromatic rings. The van der Waals surface area contributed by atoms with E-state index in [0.717, 1.165) is 5.56 Å². The van der Waals surface area contributed by atoms with Gasteiger partial charge >= 0.3 is 5.69 Å². The van der Waals surface area contributed by atoms with E-state index < -0.39 is 5.69 Å².